The molecule has 0 aliphatic carbocycles. The largest absolute Gasteiger partial charge is 0.457 e. The van der Waals surface area contributed by atoms with E-state index < -0.39 is 5.97 Å². The number of methoxy groups -OCH3 is 1. The Morgan fingerprint density at radius 1 is 0.512 bits per heavy atom. The normalized spacial score (nSPS) is 11.3. The molecule has 43 heavy (non-hydrogen) atoms. The number of ether oxygens (including phenoxy) is 2. The van der Waals surface area contributed by atoms with E-state index in [2.05, 4.69) is 96.6 Å². The van der Waals surface area contributed by atoms with Crippen LogP contribution in [0.2, 0.25) is 0 Å². The van der Waals surface area contributed by atoms with E-state index in [1.807, 2.05) is 0 Å². The Bertz CT molecular complexity index is 1540. The lowest BCUT2D eigenvalue weighted by atomic mass is 9.75. The van der Waals surface area contributed by atoms with Crippen molar-refractivity contribution in [2.24, 2.45) is 0 Å². The highest BCUT2D eigenvalue weighted by Crippen LogP contribution is 2.46. The van der Waals surface area contributed by atoms with Gasteiger partial charge < -0.3 is 9.47 Å². The van der Waals surface area contributed by atoms with E-state index in [1.54, 1.807) is 7.11 Å². The highest BCUT2D eigenvalue weighted by atomic mass is 16.5. The average molecular weight is 583 g/mol. The molecule has 0 spiro atoms. The Labute approximate surface area is 261 Å². The lowest BCUT2D eigenvalue weighted by molar-refractivity contribution is -0.140. The van der Waals surface area contributed by atoms with E-state index in [4.69, 9.17) is 9.47 Å². The van der Waals surface area contributed by atoms with Gasteiger partial charge in [0.25, 0.3) is 0 Å². The summed E-state index contributed by atoms with van der Waals surface area (Å²) >= 11 is 0. The van der Waals surface area contributed by atoms with E-state index in [0.29, 0.717) is 5.57 Å². The van der Waals surface area contributed by atoms with Crippen LogP contribution in [0.3, 0.4) is 0 Å². The second-order valence-corrected chi connectivity index (χ2v) is 12.3. The minimum atomic E-state index is -0.417. The zero-order valence-electron chi connectivity index (χ0n) is 29.5. The molecule has 3 rings (SSSR count). The second kappa shape index (κ2) is 13.6. The van der Waals surface area contributed by atoms with E-state index in [-0.39, 0.29) is 13.2 Å². The number of hydrogen-bond acceptors (Lipinski definition) is 3. The van der Waals surface area contributed by atoms with Crippen LogP contribution < -0.4 is 0 Å². The third-order valence-electron chi connectivity index (χ3n) is 10.3. The van der Waals surface area contributed by atoms with Gasteiger partial charge in [-0.25, -0.2) is 4.79 Å². The second-order valence-electron chi connectivity index (χ2n) is 12.3. The fraction of sp³-hybridized carbons (Fsp3) is 0.475. The molecule has 0 atom stereocenters. The number of hydrogen-bond donors (Lipinski definition) is 0. The Hall–Kier alpha value is -3.17. The smallest absolute Gasteiger partial charge is 0.336 e. The van der Waals surface area contributed by atoms with Crippen LogP contribution in [0, 0.1) is 69.2 Å². The molecule has 3 aromatic rings. The lowest BCUT2D eigenvalue weighted by Crippen LogP contribution is -2.15. The maximum Gasteiger partial charge on any atom is 0.336 e. The number of benzene rings is 3. The maximum absolute atomic E-state index is 13.0. The van der Waals surface area contributed by atoms with E-state index in [9.17, 15) is 4.79 Å². The van der Waals surface area contributed by atoms with Crippen LogP contribution in [0.1, 0.15) is 98.7 Å². The number of carbonyl (C=O) groups excluding carboxylic acids is 1. The van der Waals surface area contributed by atoms with Gasteiger partial charge in [-0.05, 0) is 183 Å². The fourth-order valence-electron chi connectivity index (χ4n) is 7.49. The molecule has 0 aromatic heterocycles. The molecule has 0 saturated heterocycles. The molecule has 3 nitrogen and oxygen atoms in total. The van der Waals surface area contributed by atoms with Crippen LogP contribution in [0.15, 0.2) is 12.2 Å². The molecular weight excluding hydrogens is 528 g/mol. The summed E-state index contributed by atoms with van der Waals surface area (Å²) in [4.78, 5) is 13.0. The zero-order chi connectivity index (χ0) is 32.5. The maximum atomic E-state index is 13.0. The minimum absolute atomic E-state index is 0.152. The van der Waals surface area contributed by atoms with Crippen molar-refractivity contribution >= 4 is 5.97 Å². The van der Waals surface area contributed by atoms with Gasteiger partial charge in [0.15, 0.2) is 0 Å². The van der Waals surface area contributed by atoms with Crippen LogP contribution in [0.5, 0.6) is 0 Å². The predicted molar refractivity (Wildman–Crippen MR) is 184 cm³/mol. The summed E-state index contributed by atoms with van der Waals surface area (Å²) in [5.74, 6) is -0.417. The third-order valence-corrected chi connectivity index (χ3v) is 10.3. The van der Waals surface area contributed by atoms with Gasteiger partial charge in [0.1, 0.15) is 6.61 Å². The monoisotopic (exact) mass is 582 g/mol. The molecule has 0 bridgehead atoms. The van der Waals surface area contributed by atoms with Crippen LogP contribution in [-0.2, 0) is 40.1 Å². The molecule has 0 N–H and O–H groups in total. The first kappa shape index (κ1) is 34.3. The van der Waals surface area contributed by atoms with Gasteiger partial charge in [-0.2, -0.15) is 0 Å². The van der Waals surface area contributed by atoms with E-state index in [1.165, 1.54) is 94.6 Å². The van der Waals surface area contributed by atoms with Gasteiger partial charge >= 0.3 is 5.97 Å². The van der Waals surface area contributed by atoms with Gasteiger partial charge in [-0.1, -0.05) is 27.4 Å². The van der Waals surface area contributed by atoms with Crippen molar-refractivity contribution in [1.82, 2.24) is 0 Å². The van der Waals surface area contributed by atoms with Crippen LogP contribution >= 0.6 is 0 Å². The van der Waals surface area contributed by atoms with Gasteiger partial charge in [0.2, 0.25) is 0 Å². The summed E-state index contributed by atoms with van der Waals surface area (Å²) < 4.78 is 11.2. The molecule has 0 aliphatic rings. The highest BCUT2D eigenvalue weighted by molar-refractivity contribution is 5.90. The first-order valence-electron chi connectivity index (χ1n) is 15.9. The summed E-state index contributed by atoms with van der Waals surface area (Å²) in [5, 5.41) is 0. The summed E-state index contributed by atoms with van der Waals surface area (Å²) in [6.45, 7) is 33.6. The molecule has 0 saturated carbocycles. The first-order chi connectivity index (χ1) is 20.2. The first-order valence-corrected chi connectivity index (χ1v) is 15.9. The van der Waals surface area contributed by atoms with Gasteiger partial charge in [0, 0.05) is 12.7 Å². The quantitative estimate of drug-likeness (QED) is 0.176. The van der Waals surface area contributed by atoms with Crippen molar-refractivity contribution in [2.45, 2.75) is 116 Å². The molecule has 3 heteroatoms. The van der Waals surface area contributed by atoms with Crippen molar-refractivity contribution in [2.75, 3.05) is 13.7 Å². The van der Waals surface area contributed by atoms with Crippen molar-refractivity contribution in [3.05, 3.63) is 90.0 Å². The number of rotatable bonds is 10. The van der Waals surface area contributed by atoms with Gasteiger partial charge in [-0.15, -0.1) is 0 Å². The molecule has 3 aromatic carbocycles. The molecule has 0 amide bonds. The summed E-state index contributed by atoms with van der Waals surface area (Å²) in [7, 11) is 1.56. The highest BCUT2D eigenvalue weighted by Gasteiger charge is 2.28. The van der Waals surface area contributed by atoms with Crippen LogP contribution in [-0.4, -0.2) is 19.7 Å². The van der Waals surface area contributed by atoms with Gasteiger partial charge in [0.05, 0.1) is 12.2 Å². The summed E-state index contributed by atoms with van der Waals surface area (Å²) in [5.41, 5.74) is 24.0. The fourth-order valence-corrected chi connectivity index (χ4v) is 7.49. The Morgan fingerprint density at radius 2 is 0.860 bits per heavy atom. The Morgan fingerprint density at radius 3 is 1.21 bits per heavy atom. The molecule has 0 radical (unpaired) electrons. The minimum Gasteiger partial charge on any atom is -0.457 e. The lowest BCUT2D eigenvalue weighted by Gasteiger charge is -2.30. The van der Waals surface area contributed by atoms with Crippen molar-refractivity contribution < 1.29 is 14.3 Å². The Kier molecular flexibility index (Phi) is 10.9. The molecule has 0 unspecified atom stereocenters. The molecule has 232 valence electrons. The van der Waals surface area contributed by atoms with Crippen LogP contribution in [0.25, 0.3) is 22.3 Å². The number of esters is 1. The summed E-state index contributed by atoms with van der Waals surface area (Å²) in [6, 6.07) is 0. The van der Waals surface area contributed by atoms with E-state index >= 15 is 0 Å². The topological polar surface area (TPSA) is 35.5 Å². The summed E-state index contributed by atoms with van der Waals surface area (Å²) in [6.07, 6.45) is 2.94. The standard InChI is InChI=1S/C40H54O3/c1-16-32-22(5)26(9)36(27(10)23(32)6)38-31(14)35(20-43-40(41)21(4)19-42-15)39(30(13)34(38)18-3)37-28(11)24(7)33(17-2)25(8)29(37)12/h4,16-20H2,1-3,5-15H3. The van der Waals surface area contributed by atoms with Crippen molar-refractivity contribution in [1.29, 1.82) is 0 Å². The Balaban J connectivity index is 2.55. The average Bonchev–Trinajstić information content (AvgIpc) is 2.97. The van der Waals surface area contributed by atoms with Crippen molar-refractivity contribution in [3.63, 3.8) is 0 Å². The zero-order valence-corrected chi connectivity index (χ0v) is 29.5. The van der Waals surface area contributed by atoms with Crippen LogP contribution in [0.4, 0.5) is 0 Å². The molecule has 0 aliphatic heterocycles. The van der Waals surface area contributed by atoms with E-state index in [0.717, 1.165) is 24.8 Å². The predicted octanol–water partition coefficient (Wildman–Crippen LogP) is 10.0. The molecule has 0 heterocycles. The molecular formula is C40H54O3. The third kappa shape index (κ3) is 5.86. The van der Waals surface area contributed by atoms with Crippen molar-refractivity contribution in [3.8, 4) is 22.3 Å². The molecule has 0 fully saturated rings. The number of carbonyl (C=O) groups is 1. The van der Waals surface area contributed by atoms with Gasteiger partial charge in [-0.3, -0.25) is 0 Å². The SMILES string of the molecule is C=C(COC)C(=O)OCc1c(C)c(-c2c(C)c(C)c(CC)c(C)c2C)c(CC)c(C)c1-c1c(C)c(C)c(CC)c(C)c1C.